The lowest BCUT2D eigenvalue weighted by atomic mass is 10.1. The fourth-order valence-corrected chi connectivity index (χ4v) is 1.20. The number of fused-ring (bicyclic) bond motifs is 1. The van der Waals surface area contributed by atoms with Gasteiger partial charge in [0.2, 0.25) is 0 Å². The standard InChI is InChI=1S/C9H7FN2/c1-6-9-3-2-8(10)4-7(9)5-11-12-6/h2-5H,1H3. The van der Waals surface area contributed by atoms with Gasteiger partial charge in [-0.1, -0.05) is 0 Å². The molecule has 60 valence electrons. The number of aryl methyl sites for hydroxylation is 1. The number of hydrogen-bond donors (Lipinski definition) is 0. The first-order valence-corrected chi connectivity index (χ1v) is 3.65. The van der Waals surface area contributed by atoms with Crippen LogP contribution in [0.4, 0.5) is 4.39 Å². The summed E-state index contributed by atoms with van der Waals surface area (Å²) in [5, 5.41) is 9.35. The molecule has 2 rings (SSSR count). The van der Waals surface area contributed by atoms with Crippen molar-refractivity contribution in [2.24, 2.45) is 0 Å². The maximum absolute atomic E-state index is 12.7. The molecule has 0 amide bonds. The summed E-state index contributed by atoms with van der Waals surface area (Å²) in [5.41, 5.74) is 0.826. The minimum Gasteiger partial charge on any atom is -0.207 e. The van der Waals surface area contributed by atoms with Crippen molar-refractivity contribution in [3.05, 3.63) is 35.9 Å². The van der Waals surface area contributed by atoms with E-state index in [2.05, 4.69) is 10.2 Å². The molecule has 0 unspecified atom stereocenters. The molecule has 0 N–H and O–H groups in total. The smallest absolute Gasteiger partial charge is 0.123 e. The summed E-state index contributed by atoms with van der Waals surface area (Å²) >= 11 is 0. The van der Waals surface area contributed by atoms with Gasteiger partial charge in [0, 0.05) is 10.8 Å². The summed E-state index contributed by atoms with van der Waals surface area (Å²) < 4.78 is 12.7. The van der Waals surface area contributed by atoms with E-state index in [0.29, 0.717) is 0 Å². The number of rotatable bonds is 0. The van der Waals surface area contributed by atoms with Gasteiger partial charge >= 0.3 is 0 Å². The zero-order valence-electron chi connectivity index (χ0n) is 6.58. The second-order valence-electron chi connectivity index (χ2n) is 2.66. The average Bonchev–Trinajstić information content (AvgIpc) is 2.04. The van der Waals surface area contributed by atoms with Gasteiger partial charge in [-0.15, -0.1) is 0 Å². The quantitative estimate of drug-likeness (QED) is 0.592. The number of halogens is 1. The van der Waals surface area contributed by atoms with E-state index >= 15 is 0 Å². The normalized spacial score (nSPS) is 10.5. The number of hydrogen-bond acceptors (Lipinski definition) is 2. The highest BCUT2D eigenvalue weighted by atomic mass is 19.1. The van der Waals surface area contributed by atoms with Gasteiger partial charge in [-0.05, 0) is 25.1 Å². The zero-order valence-corrected chi connectivity index (χ0v) is 6.58. The van der Waals surface area contributed by atoms with Crippen molar-refractivity contribution in [2.75, 3.05) is 0 Å². The molecular formula is C9H7FN2. The molecule has 2 nitrogen and oxygen atoms in total. The first-order valence-electron chi connectivity index (χ1n) is 3.65. The second-order valence-corrected chi connectivity index (χ2v) is 2.66. The lowest BCUT2D eigenvalue weighted by Gasteiger charge is -1.98. The van der Waals surface area contributed by atoms with Gasteiger partial charge < -0.3 is 0 Å². The third-order valence-electron chi connectivity index (χ3n) is 1.81. The van der Waals surface area contributed by atoms with E-state index in [0.717, 1.165) is 16.5 Å². The lowest BCUT2D eigenvalue weighted by Crippen LogP contribution is -1.87. The Balaban J connectivity index is 2.86. The Bertz CT molecular complexity index is 426. The van der Waals surface area contributed by atoms with Gasteiger partial charge in [-0.3, -0.25) is 0 Å². The van der Waals surface area contributed by atoms with E-state index in [9.17, 15) is 4.39 Å². The molecule has 0 aliphatic carbocycles. The molecule has 0 atom stereocenters. The van der Waals surface area contributed by atoms with Gasteiger partial charge in [0.05, 0.1) is 11.9 Å². The molecule has 0 saturated carbocycles. The van der Waals surface area contributed by atoms with Crippen molar-refractivity contribution in [2.45, 2.75) is 6.92 Å². The third kappa shape index (κ3) is 1.03. The number of benzene rings is 1. The maximum Gasteiger partial charge on any atom is 0.123 e. The predicted octanol–water partition coefficient (Wildman–Crippen LogP) is 2.08. The molecule has 0 spiro atoms. The second kappa shape index (κ2) is 2.52. The lowest BCUT2D eigenvalue weighted by molar-refractivity contribution is 0.629. The first-order chi connectivity index (χ1) is 5.77. The summed E-state index contributed by atoms with van der Waals surface area (Å²) in [6.07, 6.45) is 1.56. The molecule has 0 bridgehead atoms. The van der Waals surface area contributed by atoms with E-state index < -0.39 is 0 Å². The molecule has 12 heavy (non-hydrogen) atoms. The van der Waals surface area contributed by atoms with Gasteiger partial charge in [0.15, 0.2) is 0 Å². The summed E-state index contributed by atoms with van der Waals surface area (Å²) in [6.45, 7) is 1.85. The molecule has 0 aliphatic heterocycles. The van der Waals surface area contributed by atoms with Crippen LogP contribution in [-0.4, -0.2) is 10.2 Å². The molecule has 1 aromatic heterocycles. The van der Waals surface area contributed by atoms with Crippen LogP contribution >= 0.6 is 0 Å². The minimum absolute atomic E-state index is 0.241. The summed E-state index contributed by atoms with van der Waals surface area (Å²) in [6, 6.07) is 4.60. The Hall–Kier alpha value is -1.51. The van der Waals surface area contributed by atoms with Crippen LogP contribution < -0.4 is 0 Å². The molecule has 2 aromatic rings. The Morgan fingerprint density at radius 1 is 1.33 bits per heavy atom. The Morgan fingerprint density at radius 2 is 2.17 bits per heavy atom. The van der Waals surface area contributed by atoms with E-state index in [1.54, 1.807) is 12.3 Å². The monoisotopic (exact) mass is 162 g/mol. The number of nitrogens with zero attached hydrogens (tertiary/aromatic N) is 2. The highest BCUT2D eigenvalue weighted by Crippen LogP contribution is 2.15. The van der Waals surface area contributed by atoms with Crippen LogP contribution in [0.15, 0.2) is 24.4 Å². The zero-order chi connectivity index (χ0) is 8.55. The molecular weight excluding hydrogens is 155 g/mol. The Kier molecular flexibility index (Phi) is 1.50. The van der Waals surface area contributed by atoms with Crippen molar-refractivity contribution in [1.29, 1.82) is 0 Å². The Morgan fingerprint density at radius 3 is 3.00 bits per heavy atom. The van der Waals surface area contributed by atoms with E-state index in [1.165, 1.54) is 12.1 Å². The molecule has 1 aromatic carbocycles. The topological polar surface area (TPSA) is 25.8 Å². The molecule has 3 heteroatoms. The highest BCUT2D eigenvalue weighted by molar-refractivity contribution is 5.83. The van der Waals surface area contributed by atoms with Crippen LogP contribution in [-0.2, 0) is 0 Å². The SMILES string of the molecule is Cc1nncc2cc(F)ccc12. The first kappa shape index (κ1) is 7.16. The third-order valence-corrected chi connectivity index (χ3v) is 1.81. The summed E-state index contributed by atoms with van der Waals surface area (Å²) in [7, 11) is 0. The van der Waals surface area contributed by atoms with Crippen LogP contribution in [0.5, 0.6) is 0 Å². The van der Waals surface area contributed by atoms with Gasteiger partial charge in [-0.25, -0.2) is 4.39 Å². The largest absolute Gasteiger partial charge is 0.207 e. The summed E-state index contributed by atoms with van der Waals surface area (Å²) in [4.78, 5) is 0. The van der Waals surface area contributed by atoms with Crippen molar-refractivity contribution in [3.8, 4) is 0 Å². The van der Waals surface area contributed by atoms with E-state index in [4.69, 9.17) is 0 Å². The molecule has 0 aliphatic rings. The van der Waals surface area contributed by atoms with Crippen molar-refractivity contribution in [1.82, 2.24) is 10.2 Å². The number of aromatic nitrogens is 2. The van der Waals surface area contributed by atoms with Crippen molar-refractivity contribution >= 4 is 10.8 Å². The van der Waals surface area contributed by atoms with Gasteiger partial charge in [0.1, 0.15) is 5.82 Å². The van der Waals surface area contributed by atoms with Crippen LogP contribution in [0.3, 0.4) is 0 Å². The summed E-state index contributed by atoms with van der Waals surface area (Å²) in [5.74, 6) is -0.241. The highest BCUT2D eigenvalue weighted by Gasteiger charge is 1.98. The van der Waals surface area contributed by atoms with Crippen molar-refractivity contribution < 1.29 is 4.39 Å². The van der Waals surface area contributed by atoms with Crippen LogP contribution in [0.25, 0.3) is 10.8 Å². The Labute approximate surface area is 69.1 Å². The molecule has 0 saturated heterocycles. The fourth-order valence-electron chi connectivity index (χ4n) is 1.20. The minimum atomic E-state index is -0.241. The van der Waals surface area contributed by atoms with E-state index in [-0.39, 0.29) is 5.82 Å². The predicted molar refractivity (Wildman–Crippen MR) is 44.2 cm³/mol. The van der Waals surface area contributed by atoms with Gasteiger partial charge in [0.25, 0.3) is 0 Å². The fraction of sp³-hybridized carbons (Fsp3) is 0.111. The maximum atomic E-state index is 12.7. The van der Waals surface area contributed by atoms with Gasteiger partial charge in [-0.2, -0.15) is 10.2 Å². The van der Waals surface area contributed by atoms with Crippen molar-refractivity contribution in [3.63, 3.8) is 0 Å². The average molecular weight is 162 g/mol. The molecule has 1 heterocycles. The molecule has 0 radical (unpaired) electrons. The van der Waals surface area contributed by atoms with E-state index in [1.807, 2.05) is 6.92 Å². The van der Waals surface area contributed by atoms with Crippen LogP contribution in [0, 0.1) is 12.7 Å². The van der Waals surface area contributed by atoms with Crippen LogP contribution in [0.1, 0.15) is 5.69 Å². The van der Waals surface area contributed by atoms with Crippen LogP contribution in [0.2, 0.25) is 0 Å². The molecule has 0 fully saturated rings.